The Labute approximate surface area is 130 Å². The van der Waals surface area contributed by atoms with Gasteiger partial charge in [-0.25, -0.2) is 0 Å². The normalized spacial score (nSPS) is 10.8. The summed E-state index contributed by atoms with van der Waals surface area (Å²) < 4.78 is 9.59. The highest BCUT2D eigenvalue weighted by Gasteiger charge is 2.46. The van der Waals surface area contributed by atoms with Gasteiger partial charge in [-0.15, -0.1) is 5.73 Å². The quantitative estimate of drug-likeness (QED) is 0.441. The van der Waals surface area contributed by atoms with Crippen molar-refractivity contribution in [2.24, 2.45) is 5.41 Å². The van der Waals surface area contributed by atoms with Gasteiger partial charge in [0.2, 0.25) is 0 Å². The highest BCUT2D eigenvalue weighted by Crippen LogP contribution is 2.31. The zero-order chi connectivity index (χ0) is 16.4. The molecule has 0 aliphatic heterocycles. The summed E-state index contributed by atoms with van der Waals surface area (Å²) in [5.41, 5.74) is 2.13. The summed E-state index contributed by atoms with van der Waals surface area (Å²) in [5.74, 6) is -1.27. The summed E-state index contributed by atoms with van der Waals surface area (Å²) >= 11 is 0. The fourth-order valence-electron chi connectivity index (χ4n) is 2.10. The van der Waals surface area contributed by atoms with Crippen molar-refractivity contribution in [3.05, 3.63) is 60.4 Å². The fourth-order valence-corrected chi connectivity index (χ4v) is 2.10. The SMILES string of the molecule is C=C=CCC(C/C=C/c1ccccc1)(C(=O)OC)C(=O)OC. The number of ether oxygens (including phenoxy) is 2. The van der Waals surface area contributed by atoms with Crippen molar-refractivity contribution >= 4 is 18.0 Å². The molecule has 116 valence electrons. The van der Waals surface area contributed by atoms with E-state index in [1.54, 1.807) is 6.08 Å². The summed E-state index contributed by atoms with van der Waals surface area (Å²) in [4.78, 5) is 24.3. The third-order valence-corrected chi connectivity index (χ3v) is 3.32. The van der Waals surface area contributed by atoms with Crippen LogP contribution in [0.2, 0.25) is 0 Å². The number of benzene rings is 1. The van der Waals surface area contributed by atoms with Gasteiger partial charge in [0, 0.05) is 0 Å². The molecule has 0 radical (unpaired) electrons. The Bertz CT molecular complexity index is 564. The van der Waals surface area contributed by atoms with Crippen molar-refractivity contribution in [3.63, 3.8) is 0 Å². The van der Waals surface area contributed by atoms with Crippen LogP contribution >= 0.6 is 0 Å². The smallest absolute Gasteiger partial charge is 0.323 e. The van der Waals surface area contributed by atoms with E-state index < -0.39 is 17.4 Å². The Balaban J connectivity index is 3.07. The maximum Gasteiger partial charge on any atom is 0.323 e. The van der Waals surface area contributed by atoms with E-state index in [2.05, 4.69) is 12.3 Å². The third kappa shape index (κ3) is 4.21. The first-order valence-electron chi connectivity index (χ1n) is 6.83. The predicted molar refractivity (Wildman–Crippen MR) is 84.9 cm³/mol. The van der Waals surface area contributed by atoms with Gasteiger partial charge in [0.05, 0.1) is 14.2 Å². The van der Waals surface area contributed by atoms with Gasteiger partial charge in [-0.05, 0) is 24.5 Å². The standard InChI is InChI=1S/C18H20O4/c1-4-5-13-18(16(19)21-2,17(20)22-3)14-9-12-15-10-7-6-8-11-15/h5-12H,1,13-14H2,2-3H3/b12-9+. The molecule has 0 aromatic heterocycles. The average molecular weight is 300 g/mol. The van der Waals surface area contributed by atoms with Crippen LogP contribution in [0.5, 0.6) is 0 Å². The molecule has 22 heavy (non-hydrogen) atoms. The van der Waals surface area contributed by atoms with E-state index in [9.17, 15) is 9.59 Å². The van der Waals surface area contributed by atoms with E-state index in [1.165, 1.54) is 20.3 Å². The predicted octanol–water partition coefficient (Wildman–Crippen LogP) is 3.15. The molecule has 0 aliphatic rings. The molecule has 0 saturated heterocycles. The molecule has 0 atom stereocenters. The van der Waals surface area contributed by atoms with Crippen LogP contribution < -0.4 is 0 Å². The second-order valence-electron chi connectivity index (χ2n) is 4.69. The summed E-state index contributed by atoms with van der Waals surface area (Å²) in [6, 6.07) is 9.59. The van der Waals surface area contributed by atoms with E-state index in [0.29, 0.717) is 0 Å². The number of hydrogen-bond donors (Lipinski definition) is 0. The van der Waals surface area contributed by atoms with Gasteiger partial charge in [0.1, 0.15) is 0 Å². The molecular formula is C18H20O4. The molecular weight excluding hydrogens is 280 g/mol. The lowest BCUT2D eigenvalue weighted by atomic mass is 9.80. The second kappa shape index (κ2) is 8.65. The van der Waals surface area contributed by atoms with Crippen molar-refractivity contribution in [1.82, 2.24) is 0 Å². The average Bonchev–Trinajstić information content (AvgIpc) is 2.57. The Morgan fingerprint density at radius 3 is 2.23 bits per heavy atom. The van der Waals surface area contributed by atoms with Crippen molar-refractivity contribution in [2.45, 2.75) is 12.8 Å². The first-order chi connectivity index (χ1) is 10.6. The largest absolute Gasteiger partial charge is 0.468 e. The molecule has 0 fully saturated rings. The van der Waals surface area contributed by atoms with Crippen LogP contribution in [0.3, 0.4) is 0 Å². The van der Waals surface area contributed by atoms with Crippen LogP contribution in [0.4, 0.5) is 0 Å². The molecule has 4 nitrogen and oxygen atoms in total. The summed E-state index contributed by atoms with van der Waals surface area (Å²) in [6.07, 6.45) is 5.43. The fraction of sp³-hybridized carbons (Fsp3) is 0.278. The third-order valence-electron chi connectivity index (χ3n) is 3.32. The summed E-state index contributed by atoms with van der Waals surface area (Å²) in [7, 11) is 2.50. The highest BCUT2D eigenvalue weighted by molar-refractivity contribution is 6.00. The van der Waals surface area contributed by atoms with E-state index in [0.717, 1.165) is 5.56 Å². The number of rotatable bonds is 7. The van der Waals surface area contributed by atoms with Gasteiger partial charge < -0.3 is 9.47 Å². The number of carbonyl (C=O) groups is 2. The lowest BCUT2D eigenvalue weighted by Gasteiger charge is -2.25. The second-order valence-corrected chi connectivity index (χ2v) is 4.69. The van der Waals surface area contributed by atoms with Gasteiger partial charge in [0.15, 0.2) is 5.41 Å². The topological polar surface area (TPSA) is 52.6 Å². The molecule has 0 amide bonds. The van der Waals surface area contributed by atoms with Crippen molar-refractivity contribution in [1.29, 1.82) is 0 Å². The summed E-state index contributed by atoms with van der Waals surface area (Å²) in [6.45, 7) is 3.46. The first-order valence-corrected chi connectivity index (χ1v) is 6.83. The van der Waals surface area contributed by atoms with Crippen LogP contribution in [0, 0.1) is 5.41 Å². The Kier molecular flexibility index (Phi) is 6.87. The van der Waals surface area contributed by atoms with Crippen molar-refractivity contribution in [3.8, 4) is 0 Å². The van der Waals surface area contributed by atoms with Gasteiger partial charge in [-0.2, -0.15) is 0 Å². The number of carbonyl (C=O) groups excluding carboxylic acids is 2. The molecule has 0 unspecified atom stereocenters. The minimum absolute atomic E-state index is 0.120. The maximum atomic E-state index is 12.2. The monoisotopic (exact) mass is 300 g/mol. The summed E-state index contributed by atoms with van der Waals surface area (Å²) in [5, 5.41) is 0. The Hall–Kier alpha value is -2.58. The number of allylic oxidation sites excluding steroid dienone is 2. The lowest BCUT2D eigenvalue weighted by molar-refractivity contribution is -0.168. The van der Waals surface area contributed by atoms with Crippen LogP contribution in [0.15, 0.2) is 54.8 Å². The van der Waals surface area contributed by atoms with Crippen LogP contribution in [-0.4, -0.2) is 26.2 Å². The minimum Gasteiger partial charge on any atom is -0.468 e. The molecule has 4 heteroatoms. The molecule has 0 heterocycles. The van der Waals surface area contributed by atoms with E-state index >= 15 is 0 Å². The molecule has 1 rings (SSSR count). The maximum absolute atomic E-state index is 12.2. The van der Waals surface area contributed by atoms with Gasteiger partial charge in [-0.3, -0.25) is 9.59 Å². The molecule has 0 spiro atoms. The van der Waals surface area contributed by atoms with Crippen molar-refractivity contribution in [2.75, 3.05) is 14.2 Å². The first kappa shape index (κ1) is 17.5. The molecule has 0 saturated carbocycles. The Morgan fingerprint density at radius 1 is 1.14 bits per heavy atom. The van der Waals surface area contributed by atoms with E-state index in [4.69, 9.17) is 9.47 Å². The van der Waals surface area contributed by atoms with Gasteiger partial charge in [-0.1, -0.05) is 49.1 Å². The Morgan fingerprint density at radius 2 is 1.73 bits per heavy atom. The molecule has 1 aromatic rings. The van der Waals surface area contributed by atoms with E-state index in [-0.39, 0.29) is 12.8 Å². The van der Waals surface area contributed by atoms with E-state index in [1.807, 2.05) is 36.4 Å². The van der Waals surface area contributed by atoms with Crippen LogP contribution in [0.1, 0.15) is 18.4 Å². The number of esters is 2. The zero-order valence-corrected chi connectivity index (χ0v) is 12.9. The lowest BCUT2D eigenvalue weighted by Crippen LogP contribution is -2.40. The number of methoxy groups -OCH3 is 2. The van der Waals surface area contributed by atoms with Gasteiger partial charge in [0.25, 0.3) is 0 Å². The van der Waals surface area contributed by atoms with Gasteiger partial charge >= 0.3 is 11.9 Å². The molecule has 1 aromatic carbocycles. The molecule has 0 bridgehead atoms. The molecule has 0 aliphatic carbocycles. The number of hydrogen-bond acceptors (Lipinski definition) is 4. The zero-order valence-electron chi connectivity index (χ0n) is 12.9. The highest BCUT2D eigenvalue weighted by atomic mass is 16.5. The van der Waals surface area contributed by atoms with Crippen LogP contribution in [0.25, 0.3) is 6.08 Å². The molecule has 0 N–H and O–H groups in total. The van der Waals surface area contributed by atoms with Crippen LogP contribution in [-0.2, 0) is 19.1 Å². The minimum atomic E-state index is -1.42. The van der Waals surface area contributed by atoms with Crippen molar-refractivity contribution < 1.29 is 19.1 Å².